The summed E-state index contributed by atoms with van der Waals surface area (Å²) in [5.41, 5.74) is 3.97. The van der Waals surface area contributed by atoms with E-state index in [2.05, 4.69) is 23.5 Å². The SMILES string of the molecule is C1=Cc2ccc3c(c2CN1)OCC3. The summed E-state index contributed by atoms with van der Waals surface area (Å²) < 4.78 is 5.62. The monoisotopic (exact) mass is 173 g/mol. The molecule has 0 fully saturated rings. The van der Waals surface area contributed by atoms with Crippen LogP contribution in [0.15, 0.2) is 18.3 Å². The first-order valence-electron chi connectivity index (χ1n) is 4.62. The van der Waals surface area contributed by atoms with Crippen LogP contribution in [-0.4, -0.2) is 6.61 Å². The van der Waals surface area contributed by atoms with Gasteiger partial charge >= 0.3 is 0 Å². The van der Waals surface area contributed by atoms with E-state index in [0.717, 1.165) is 25.3 Å². The molecule has 0 saturated heterocycles. The maximum atomic E-state index is 5.62. The van der Waals surface area contributed by atoms with Gasteiger partial charge in [-0.2, -0.15) is 0 Å². The van der Waals surface area contributed by atoms with Gasteiger partial charge in [-0.3, -0.25) is 0 Å². The molecule has 0 amide bonds. The van der Waals surface area contributed by atoms with E-state index in [1.165, 1.54) is 16.7 Å². The molecule has 2 aliphatic heterocycles. The number of hydrogen-bond acceptors (Lipinski definition) is 2. The van der Waals surface area contributed by atoms with Gasteiger partial charge in [-0.1, -0.05) is 12.1 Å². The second-order valence-electron chi connectivity index (χ2n) is 3.43. The Labute approximate surface area is 77.2 Å². The molecular weight excluding hydrogens is 162 g/mol. The molecule has 0 atom stereocenters. The zero-order valence-corrected chi connectivity index (χ0v) is 7.34. The molecule has 1 aromatic rings. The molecule has 0 aliphatic carbocycles. The fraction of sp³-hybridized carbons (Fsp3) is 0.273. The van der Waals surface area contributed by atoms with Gasteiger partial charge < -0.3 is 10.1 Å². The lowest BCUT2D eigenvalue weighted by Gasteiger charge is -2.15. The molecule has 2 aliphatic rings. The minimum absolute atomic E-state index is 0.843. The Morgan fingerprint density at radius 1 is 1.31 bits per heavy atom. The predicted molar refractivity (Wildman–Crippen MR) is 51.5 cm³/mol. The molecule has 2 heteroatoms. The van der Waals surface area contributed by atoms with Crippen LogP contribution >= 0.6 is 0 Å². The first-order chi connectivity index (χ1) is 6.45. The lowest BCUT2D eigenvalue weighted by atomic mass is 10.00. The van der Waals surface area contributed by atoms with Crippen molar-refractivity contribution in [2.75, 3.05) is 6.61 Å². The van der Waals surface area contributed by atoms with Crippen molar-refractivity contribution in [1.82, 2.24) is 5.32 Å². The lowest BCUT2D eigenvalue weighted by Crippen LogP contribution is -2.11. The van der Waals surface area contributed by atoms with Gasteiger partial charge in [0.1, 0.15) is 5.75 Å². The molecule has 1 aromatic carbocycles. The van der Waals surface area contributed by atoms with Gasteiger partial charge in [0.15, 0.2) is 0 Å². The number of fused-ring (bicyclic) bond motifs is 3. The summed E-state index contributed by atoms with van der Waals surface area (Å²) in [5.74, 6) is 1.12. The van der Waals surface area contributed by atoms with Crippen LogP contribution in [0.25, 0.3) is 6.08 Å². The highest BCUT2D eigenvalue weighted by Gasteiger charge is 2.18. The number of hydrogen-bond donors (Lipinski definition) is 1. The third kappa shape index (κ3) is 0.949. The zero-order valence-electron chi connectivity index (χ0n) is 7.34. The molecule has 66 valence electrons. The average Bonchev–Trinajstić information content (AvgIpc) is 2.65. The summed E-state index contributed by atoms with van der Waals surface area (Å²) in [6, 6.07) is 4.36. The topological polar surface area (TPSA) is 21.3 Å². The zero-order chi connectivity index (χ0) is 8.67. The van der Waals surface area contributed by atoms with Crippen LogP contribution in [0.5, 0.6) is 5.75 Å². The molecule has 2 nitrogen and oxygen atoms in total. The Bertz CT molecular complexity index is 382. The summed E-state index contributed by atoms with van der Waals surface area (Å²) in [7, 11) is 0. The van der Waals surface area contributed by atoms with Crippen molar-refractivity contribution in [2.45, 2.75) is 13.0 Å². The van der Waals surface area contributed by atoms with Crippen LogP contribution in [0.2, 0.25) is 0 Å². The van der Waals surface area contributed by atoms with Crippen LogP contribution in [0.4, 0.5) is 0 Å². The molecule has 0 unspecified atom stereocenters. The van der Waals surface area contributed by atoms with Crippen LogP contribution in [0, 0.1) is 0 Å². The van der Waals surface area contributed by atoms with Crippen LogP contribution in [0.1, 0.15) is 16.7 Å². The van der Waals surface area contributed by atoms with Crippen molar-refractivity contribution in [3.05, 3.63) is 35.0 Å². The predicted octanol–water partition coefficient (Wildman–Crippen LogP) is 1.70. The van der Waals surface area contributed by atoms with E-state index in [-0.39, 0.29) is 0 Å². The lowest BCUT2D eigenvalue weighted by molar-refractivity contribution is 0.352. The smallest absolute Gasteiger partial charge is 0.128 e. The largest absolute Gasteiger partial charge is 0.493 e. The fourth-order valence-electron chi connectivity index (χ4n) is 1.98. The van der Waals surface area contributed by atoms with Gasteiger partial charge in [0.05, 0.1) is 6.61 Å². The highest BCUT2D eigenvalue weighted by molar-refractivity contribution is 5.62. The third-order valence-electron chi connectivity index (χ3n) is 2.66. The Balaban J connectivity index is 2.23. The second kappa shape index (κ2) is 2.52. The highest BCUT2D eigenvalue weighted by Crippen LogP contribution is 2.33. The summed E-state index contributed by atoms with van der Waals surface area (Å²) in [6.45, 7) is 1.74. The van der Waals surface area contributed by atoms with Gasteiger partial charge in [0.2, 0.25) is 0 Å². The second-order valence-corrected chi connectivity index (χ2v) is 3.43. The maximum absolute atomic E-state index is 5.62. The van der Waals surface area contributed by atoms with Crippen LogP contribution in [-0.2, 0) is 13.0 Å². The van der Waals surface area contributed by atoms with E-state index in [1.807, 2.05) is 6.20 Å². The molecule has 3 rings (SSSR count). The Morgan fingerprint density at radius 2 is 2.31 bits per heavy atom. The van der Waals surface area contributed by atoms with Crippen LogP contribution < -0.4 is 10.1 Å². The molecule has 2 heterocycles. The molecule has 0 aromatic heterocycles. The van der Waals surface area contributed by atoms with Gasteiger partial charge in [-0.15, -0.1) is 0 Å². The Hall–Kier alpha value is -1.44. The quantitative estimate of drug-likeness (QED) is 0.644. The molecule has 0 bridgehead atoms. The number of nitrogens with one attached hydrogen (secondary N) is 1. The molecule has 1 N–H and O–H groups in total. The molecule has 0 saturated carbocycles. The van der Waals surface area contributed by atoms with E-state index >= 15 is 0 Å². The van der Waals surface area contributed by atoms with E-state index < -0.39 is 0 Å². The first-order valence-corrected chi connectivity index (χ1v) is 4.62. The highest BCUT2D eigenvalue weighted by atomic mass is 16.5. The van der Waals surface area contributed by atoms with Gasteiger partial charge in [0.25, 0.3) is 0 Å². The standard InChI is InChI=1S/C11H11NO/c1-2-9-4-6-13-11(9)10-7-12-5-3-8(1)10/h1-3,5,12H,4,6-7H2. The normalized spacial score (nSPS) is 17.2. The van der Waals surface area contributed by atoms with Gasteiger partial charge in [-0.25, -0.2) is 0 Å². The van der Waals surface area contributed by atoms with E-state index in [4.69, 9.17) is 4.74 Å². The molecule has 0 spiro atoms. The van der Waals surface area contributed by atoms with Crippen molar-refractivity contribution in [3.63, 3.8) is 0 Å². The third-order valence-corrected chi connectivity index (χ3v) is 2.66. The van der Waals surface area contributed by atoms with Crippen molar-refractivity contribution >= 4 is 6.08 Å². The van der Waals surface area contributed by atoms with Gasteiger partial charge in [0, 0.05) is 18.5 Å². The van der Waals surface area contributed by atoms with E-state index in [0.29, 0.717) is 0 Å². The Kier molecular flexibility index (Phi) is 1.36. The number of rotatable bonds is 0. The maximum Gasteiger partial charge on any atom is 0.128 e. The fourth-order valence-corrected chi connectivity index (χ4v) is 1.98. The van der Waals surface area contributed by atoms with Crippen LogP contribution in [0.3, 0.4) is 0 Å². The van der Waals surface area contributed by atoms with Crippen molar-refractivity contribution < 1.29 is 4.74 Å². The molecular formula is C11H11NO. The first kappa shape index (κ1) is 7.01. The minimum atomic E-state index is 0.843. The van der Waals surface area contributed by atoms with Crippen molar-refractivity contribution in [1.29, 1.82) is 0 Å². The number of ether oxygens (including phenoxy) is 1. The van der Waals surface area contributed by atoms with E-state index in [9.17, 15) is 0 Å². The van der Waals surface area contributed by atoms with E-state index in [1.54, 1.807) is 0 Å². The summed E-state index contributed by atoms with van der Waals surface area (Å²) in [5, 5.41) is 3.21. The average molecular weight is 173 g/mol. The van der Waals surface area contributed by atoms with Crippen molar-refractivity contribution in [2.24, 2.45) is 0 Å². The Morgan fingerprint density at radius 3 is 3.31 bits per heavy atom. The summed E-state index contributed by atoms with van der Waals surface area (Å²) >= 11 is 0. The summed E-state index contributed by atoms with van der Waals surface area (Å²) in [4.78, 5) is 0. The molecule has 13 heavy (non-hydrogen) atoms. The molecule has 0 radical (unpaired) electrons. The number of benzene rings is 1. The summed E-state index contributed by atoms with van der Waals surface area (Å²) in [6.07, 6.45) is 5.15. The van der Waals surface area contributed by atoms with Crippen molar-refractivity contribution in [3.8, 4) is 5.75 Å². The van der Waals surface area contributed by atoms with Gasteiger partial charge in [-0.05, 0) is 23.4 Å². The minimum Gasteiger partial charge on any atom is -0.493 e.